The van der Waals surface area contributed by atoms with Crippen molar-refractivity contribution in [2.45, 2.75) is 33.0 Å². The van der Waals surface area contributed by atoms with Gasteiger partial charge in [0.1, 0.15) is 6.04 Å². The summed E-state index contributed by atoms with van der Waals surface area (Å²) in [7, 11) is 0. The number of hydrogen-bond donors (Lipinski definition) is 1. The highest BCUT2D eigenvalue weighted by Crippen LogP contribution is 2.29. The lowest BCUT2D eigenvalue weighted by atomic mass is 10.0. The average molecular weight is 298 g/mol. The van der Waals surface area contributed by atoms with Gasteiger partial charge in [-0.05, 0) is 29.2 Å². The van der Waals surface area contributed by atoms with Crippen LogP contribution in [0.1, 0.15) is 25.0 Å². The van der Waals surface area contributed by atoms with Gasteiger partial charge in [-0.25, -0.2) is 0 Å². The van der Waals surface area contributed by atoms with Crippen molar-refractivity contribution < 1.29 is 9.90 Å². The average Bonchev–Trinajstić information content (AvgIpc) is 2.58. The van der Waals surface area contributed by atoms with E-state index in [-0.39, 0.29) is 5.92 Å². The third-order valence-corrected chi connectivity index (χ3v) is 3.69. The molecule has 1 aliphatic heterocycles. The first-order valence-electron chi connectivity index (χ1n) is 5.73. The Morgan fingerprint density at radius 1 is 1.35 bits per heavy atom. The van der Waals surface area contributed by atoms with Crippen molar-refractivity contribution >= 4 is 21.9 Å². The number of benzene rings is 1. The van der Waals surface area contributed by atoms with Crippen LogP contribution in [0.25, 0.3) is 0 Å². The maximum absolute atomic E-state index is 11.3. The summed E-state index contributed by atoms with van der Waals surface area (Å²) < 4.78 is 1.05. The normalized spacial score (nSPS) is 17.2. The van der Waals surface area contributed by atoms with E-state index >= 15 is 0 Å². The number of halogens is 1. The second kappa shape index (κ2) is 4.78. The van der Waals surface area contributed by atoms with Crippen LogP contribution in [0.15, 0.2) is 22.7 Å². The van der Waals surface area contributed by atoms with Crippen LogP contribution in [0.5, 0.6) is 0 Å². The summed E-state index contributed by atoms with van der Waals surface area (Å²) in [5.41, 5.74) is 2.46. The number of carbonyl (C=O) groups is 1. The van der Waals surface area contributed by atoms with Gasteiger partial charge in [-0.1, -0.05) is 35.8 Å². The first kappa shape index (κ1) is 12.6. The van der Waals surface area contributed by atoms with Gasteiger partial charge in [-0.3, -0.25) is 9.69 Å². The van der Waals surface area contributed by atoms with Gasteiger partial charge >= 0.3 is 5.97 Å². The molecule has 0 aliphatic carbocycles. The predicted octanol–water partition coefficient (Wildman–Crippen LogP) is 2.87. The van der Waals surface area contributed by atoms with E-state index in [1.165, 1.54) is 11.1 Å². The summed E-state index contributed by atoms with van der Waals surface area (Å²) in [6.07, 6.45) is 0. The molecule has 0 amide bonds. The number of carboxylic acids is 1. The van der Waals surface area contributed by atoms with E-state index < -0.39 is 12.0 Å². The summed E-state index contributed by atoms with van der Waals surface area (Å²) in [5.74, 6) is -0.614. The van der Waals surface area contributed by atoms with Gasteiger partial charge in [0, 0.05) is 17.6 Å². The van der Waals surface area contributed by atoms with Gasteiger partial charge in [-0.2, -0.15) is 0 Å². The monoisotopic (exact) mass is 297 g/mol. The first-order chi connectivity index (χ1) is 7.99. The van der Waals surface area contributed by atoms with E-state index in [9.17, 15) is 9.90 Å². The highest BCUT2D eigenvalue weighted by atomic mass is 79.9. The van der Waals surface area contributed by atoms with Gasteiger partial charge in [-0.15, -0.1) is 0 Å². The van der Waals surface area contributed by atoms with E-state index in [1.54, 1.807) is 0 Å². The van der Waals surface area contributed by atoms with Crippen LogP contribution >= 0.6 is 15.9 Å². The topological polar surface area (TPSA) is 40.5 Å². The summed E-state index contributed by atoms with van der Waals surface area (Å²) in [6, 6.07) is 5.75. The first-order valence-corrected chi connectivity index (χ1v) is 6.52. The van der Waals surface area contributed by atoms with Crippen molar-refractivity contribution in [3.8, 4) is 0 Å². The van der Waals surface area contributed by atoms with Crippen molar-refractivity contribution in [2.24, 2.45) is 5.92 Å². The molecule has 1 heterocycles. The number of fused-ring (bicyclic) bond motifs is 1. The van der Waals surface area contributed by atoms with Crippen LogP contribution in [0.3, 0.4) is 0 Å². The minimum absolute atomic E-state index is 0.116. The molecule has 0 saturated heterocycles. The van der Waals surface area contributed by atoms with Crippen LogP contribution in [-0.2, 0) is 17.9 Å². The molecule has 92 valence electrons. The van der Waals surface area contributed by atoms with Gasteiger partial charge in [0.2, 0.25) is 0 Å². The van der Waals surface area contributed by atoms with E-state index in [4.69, 9.17) is 0 Å². The zero-order chi connectivity index (χ0) is 12.6. The molecule has 0 aromatic heterocycles. The molecule has 0 bridgehead atoms. The summed E-state index contributed by atoms with van der Waals surface area (Å²) in [6.45, 7) is 5.37. The third kappa shape index (κ3) is 2.53. The van der Waals surface area contributed by atoms with Crippen LogP contribution in [0.4, 0.5) is 0 Å². The third-order valence-electron chi connectivity index (χ3n) is 3.19. The molecule has 0 spiro atoms. The minimum atomic E-state index is -0.730. The molecule has 1 aromatic rings. The van der Waals surface area contributed by atoms with E-state index in [0.29, 0.717) is 0 Å². The Hall–Kier alpha value is -0.870. The number of rotatable bonds is 3. The molecule has 0 fully saturated rings. The van der Waals surface area contributed by atoms with E-state index in [2.05, 4.69) is 28.1 Å². The maximum Gasteiger partial charge on any atom is 0.321 e. The summed E-state index contributed by atoms with van der Waals surface area (Å²) >= 11 is 3.44. The van der Waals surface area contributed by atoms with Crippen LogP contribution < -0.4 is 0 Å². The smallest absolute Gasteiger partial charge is 0.321 e. The minimum Gasteiger partial charge on any atom is -0.480 e. The standard InChI is InChI=1S/C13H16BrNO2/c1-8(2)12(13(16)17)15-6-9-3-4-11(14)5-10(9)7-15/h3-5,8,12H,6-7H2,1-2H3,(H,16,17). The lowest BCUT2D eigenvalue weighted by Gasteiger charge is -2.26. The highest BCUT2D eigenvalue weighted by Gasteiger charge is 2.32. The molecule has 1 N–H and O–H groups in total. The van der Waals surface area contributed by atoms with Crippen molar-refractivity contribution in [3.05, 3.63) is 33.8 Å². The van der Waals surface area contributed by atoms with Crippen molar-refractivity contribution in [1.29, 1.82) is 0 Å². The fourth-order valence-electron chi connectivity index (χ4n) is 2.45. The van der Waals surface area contributed by atoms with Crippen LogP contribution in [-0.4, -0.2) is 22.0 Å². The quantitative estimate of drug-likeness (QED) is 0.933. The Morgan fingerprint density at radius 2 is 2.00 bits per heavy atom. The molecular weight excluding hydrogens is 282 g/mol. The molecule has 17 heavy (non-hydrogen) atoms. The lowest BCUT2D eigenvalue weighted by molar-refractivity contribution is -0.145. The molecule has 1 aromatic carbocycles. The molecule has 2 rings (SSSR count). The van der Waals surface area contributed by atoms with Gasteiger partial charge in [0.05, 0.1) is 0 Å². The Labute approximate surface area is 110 Å². The fraction of sp³-hybridized carbons (Fsp3) is 0.462. The molecule has 0 saturated carbocycles. The number of aliphatic carboxylic acids is 1. The van der Waals surface area contributed by atoms with Gasteiger partial charge in [0.15, 0.2) is 0 Å². The van der Waals surface area contributed by atoms with E-state index in [0.717, 1.165) is 17.6 Å². The Balaban J connectivity index is 2.21. The second-order valence-electron chi connectivity index (χ2n) is 4.85. The van der Waals surface area contributed by atoms with Crippen molar-refractivity contribution in [2.75, 3.05) is 0 Å². The van der Waals surface area contributed by atoms with Crippen molar-refractivity contribution in [3.63, 3.8) is 0 Å². The summed E-state index contributed by atoms with van der Waals surface area (Å²) in [5, 5.41) is 9.29. The Kier molecular flexibility index (Phi) is 3.54. The number of carboxylic acid groups (broad SMARTS) is 1. The molecule has 0 radical (unpaired) electrons. The van der Waals surface area contributed by atoms with E-state index in [1.807, 2.05) is 24.8 Å². The van der Waals surface area contributed by atoms with Crippen LogP contribution in [0, 0.1) is 5.92 Å². The molecule has 1 atom stereocenters. The largest absolute Gasteiger partial charge is 0.480 e. The fourth-order valence-corrected chi connectivity index (χ4v) is 2.86. The van der Waals surface area contributed by atoms with Crippen molar-refractivity contribution in [1.82, 2.24) is 4.90 Å². The predicted molar refractivity (Wildman–Crippen MR) is 69.7 cm³/mol. The molecule has 4 heteroatoms. The molecule has 3 nitrogen and oxygen atoms in total. The number of hydrogen-bond acceptors (Lipinski definition) is 2. The molecule has 1 aliphatic rings. The summed E-state index contributed by atoms with van der Waals surface area (Å²) in [4.78, 5) is 13.3. The van der Waals surface area contributed by atoms with Crippen LogP contribution in [0.2, 0.25) is 0 Å². The zero-order valence-electron chi connectivity index (χ0n) is 9.98. The van der Waals surface area contributed by atoms with Gasteiger partial charge < -0.3 is 5.11 Å². The Bertz CT molecular complexity index is 445. The van der Waals surface area contributed by atoms with Gasteiger partial charge in [0.25, 0.3) is 0 Å². The molecule has 1 unspecified atom stereocenters. The highest BCUT2D eigenvalue weighted by molar-refractivity contribution is 9.10. The maximum atomic E-state index is 11.3. The number of nitrogens with zero attached hydrogens (tertiary/aromatic N) is 1. The molecular formula is C13H16BrNO2. The lowest BCUT2D eigenvalue weighted by Crippen LogP contribution is -2.41. The SMILES string of the molecule is CC(C)C(C(=O)O)N1Cc2ccc(Br)cc2C1. The zero-order valence-corrected chi connectivity index (χ0v) is 11.6. The Morgan fingerprint density at radius 3 is 2.59 bits per heavy atom. The second-order valence-corrected chi connectivity index (χ2v) is 5.76.